The summed E-state index contributed by atoms with van der Waals surface area (Å²) in [4.78, 5) is 15.4. The Kier molecular flexibility index (Phi) is 8.47. The van der Waals surface area contributed by atoms with Crippen molar-refractivity contribution in [2.75, 3.05) is 40.0 Å². The van der Waals surface area contributed by atoms with E-state index < -0.39 is 10.0 Å². The van der Waals surface area contributed by atoms with Crippen LogP contribution < -0.4 is 14.8 Å². The number of nitrogens with zero attached hydrogens (tertiary/aromatic N) is 1. The van der Waals surface area contributed by atoms with E-state index in [1.54, 1.807) is 19.9 Å². The highest BCUT2D eigenvalue weighted by molar-refractivity contribution is 7.89. The van der Waals surface area contributed by atoms with Gasteiger partial charge in [-0.3, -0.25) is 9.69 Å². The maximum atomic E-state index is 13.2. The Morgan fingerprint density at radius 3 is 2.39 bits per heavy atom. The maximum Gasteiger partial charge on any atom is 0.251 e. The van der Waals surface area contributed by atoms with Crippen LogP contribution in [0.2, 0.25) is 0 Å². The van der Waals surface area contributed by atoms with Crippen LogP contribution in [0.25, 0.3) is 0 Å². The third kappa shape index (κ3) is 6.77. The summed E-state index contributed by atoms with van der Waals surface area (Å²) in [6, 6.07) is 11.9. The molecule has 8 nitrogen and oxygen atoms in total. The quantitative estimate of drug-likeness (QED) is 0.579. The van der Waals surface area contributed by atoms with E-state index in [1.165, 1.54) is 19.2 Å². The van der Waals surface area contributed by atoms with Crippen molar-refractivity contribution in [2.45, 2.75) is 37.8 Å². The van der Waals surface area contributed by atoms with Gasteiger partial charge in [0.15, 0.2) is 0 Å². The third-order valence-corrected chi connectivity index (χ3v) is 7.12. The van der Waals surface area contributed by atoms with E-state index in [4.69, 9.17) is 9.47 Å². The molecule has 180 valence electrons. The molecule has 1 aliphatic rings. The standard InChI is InChI=1S/C24H33N3O5S/c1-17(2)26-33(29,30)23-15-20(9-10-22(23)31-4)24(28)25-21(16-27-11-13-32-14-12-27)19-7-5-18(3)6-8-19/h5-10,15,17,21,26H,11-14,16H2,1-4H3,(H,25,28). The molecule has 2 aromatic carbocycles. The Labute approximate surface area is 196 Å². The Balaban J connectivity index is 1.87. The first kappa shape index (κ1) is 25.2. The van der Waals surface area contributed by atoms with E-state index in [-0.39, 0.29) is 34.2 Å². The number of methoxy groups -OCH3 is 1. The molecule has 1 amide bonds. The molecule has 1 unspecified atom stereocenters. The molecule has 9 heteroatoms. The first-order valence-electron chi connectivity index (χ1n) is 11.1. The number of sulfonamides is 1. The van der Waals surface area contributed by atoms with Crippen LogP contribution in [0.15, 0.2) is 47.4 Å². The first-order chi connectivity index (χ1) is 15.7. The molecule has 2 N–H and O–H groups in total. The smallest absolute Gasteiger partial charge is 0.251 e. The van der Waals surface area contributed by atoms with Crippen molar-refractivity contribution in [2.24, 2.45) is 0 Å². The predicted molar refractivity (Wildman–Crippen MR) is 127 cm³/mol. The number of nitrogens with one attached hydrogen (secondary N) is 2. The van der Waals surface area contributed by atoms with Crippen molar-refractivity contribution in [3.05, 3.63) is 59.2 Å². The largest absolute Gasteiger partial charge is 0.495 e. The number of aryl methyl sites for hydroxylation is 1. The molecule has 2 aromatic rings. The van der Waals surface area contributed by atoms with Crippen LogP contribution in [0.3, 0.4) is 0 Å². The average Bonchev–Trinajstić information content (AvgIpc) is 2.78. The fraction of sp³-hybridized carbons (Fsp3) is 0.458. The van der Waals surface area contributed by atoms with Crippen LogP contribution in [0, 0.1) is 6.92 Å². The van der Waals surface area contributed by atoms with Crippen LogP contribution >= 0.6 is 0 Å². The van der Waals surface area contributed by atoms with Gasteiger partial charge in [-0.15, -0.1) is 0 Å². The van der Waals surface area contributed by atoms with Gasteiger partial charge in [0.1, 0.15) is 10.6 Å². The first-order valence-corrected chi connectivity index (χ1v) is 12.6. The number of carbonyl (C=O) groups is 1. The van der Waals surface area contributed by atoms with Crippen LogP contribution in [-0.4, -0.2) is 65.2 Å². The zero-order valence-electron chi connectivity index (χ0n) is 19.6. The molecule has 3 rings (SSSR count). The number of morpholine rings is 1. The zero-order chi connectivity index (χ0) is 24.0. The minimum Gasteiger partial charge on any atom is -0.495 e. The van der Waals surface area contributed by atoms with E-state index >= 15 is 0 Å². The lowest BCUT2D eigenvalue weighted by Crippen LogP contribution is -2.43. The highest BCUT2D eigenvalue weighted by Gasteiger charge is 2.25. The Morgan fingerprint density at radius 2 is 1.79 bits per heavy atom. The van der Waals surface area contributed by atoms with Gasteiger partial charge in [-0.2, -0.15) is 0 Å². The van der Waals surface area contributed by atoms with E-state index in [0.717, 1.165) is 24.2 Å². The lowest BCUT2D eigenvalue weighted by Gasteiger charge is -2.31. The van der Waals surface area contributed by atoms with Gasteiger partial charge < -0.3 is 14.8 Å². The number of hydrogen-bond acceptors (Lipinski definition) is 6. The average molecular weight is 476 g/mol. The highest BCUT2D eigenvalue weighted by atomic mass is 32.2. The summed E-state index contributed by atoms with van der Waals surface area (Å²) in [7, 11) is -2.44. The molecule has 0 spiro atoms. The molecule has 1 saturated heterocycles. The van der Waals surface area contributed by atoms with Crippen LogP contribution in [-0.2, 0) is 14.8 Å². The summed E-state index contributed by atoms with van der Waals surface area (Å²) in [5, 5.41) is 3.10. The maximum absolute atomic E-state index is 13.2. The SMILES string of the molecule is COc1ccc(C(=O)NC(CN2CCOCC2)c2ccc(C)cc2)cc1S(=O)(=O)NC(C)C. The lowest BCUT2D eigenvalue weighted by atomic mass is 10.0. The molecule has 0 saturated carbocycles. The van der Waals surface area contributed by atoms with Crippen molar-refractivity contribution in [3.8, 4) is 5.75 Å². The number of amides is 1. The van der Waals surface area contributed by atoms with E-state index in [0.29, 0.717) is 19.8 Å². The second-order valence-electron chi connectivity index (χ2n) is 8.49. The molecule has 33 heavy (non-hydrogen) atoms. The minimum atomic E-state index is -3.84. The molecule has 1 atom stereocenters. The Hall–Kier alpha value is -2.46. The van der Waals surface area contributed by atoms with E-state index in [1.807, 2.05) is 31.2 Å². The summed E-state index contributed by atoms with van der Waals surface area (Å²) in [6.45, 7) is 9.04. The molecule has 1 aliphatic heterocycles. The number of ether oxygens (including phenoxy) is 2. The monoisotopic (exact) mass is 475 g/mol. The molecule has 0 bridgehead atoms. The summed E-state index contributed by atoms with van der Waals surface area (Å²) in [5.74, 6) is -0.166. The van der Waals surface area contributed by atoms with Gasteiger partial charge in [0, 0.05) is 31.2 Å². The van der Waals surface area contributed by atoms with E-state index in [2.05, 4.69) is 14.9 Å². The van der Waals surface area contributed by atoms with Gasteiger partial charge in [-0.1, -0.05) is 29.8 Å². The summed E-state index contributed by atoms with van der Waals surface area (Å²) in [6.07, 6.45) is 0. The Morgan fingerprint density at radius 1 is 1.12 bits per heavy atom. The molecular weight excluding hydrogens is 442 g/mol. The number of carbonyl (C=O) groups excluding carboxylic acids is 1. The number of rotatable bonds is 9. The van der Waals surface area contributed by atoms with Crippen molar-refractivity contribution >= 4 is 15.9 Å². The summed E-state index contributed by atoms with van der Waals surface area (Å²) in [5.41, 5.74) is 2.38. The molecule has 1 fully saturated rings. The fourth-order valence-electron chi connectivity index (χ4n) is 3.72. The normalized spacial score (nSPS) is 15.9. The van der Waals surface area contributed by atoms with Gasteiger partial charge in [0.25, 0.3) is 5.91 Å². The lowest BCUT2D eigenvalue weighted by molar-refractivity contribution is 0.0332. The molecular formula is C24H33N3O5S. The number of benzene rings is 2. The van der Waals surface area contributed by atoms with Gasteiger partial charge in [0.05, 0.1) is 26.4 Å². The molecule has 0 aliphatic carbocycles. The summed E-state index contributed by atoms with van der Waals surface area (Å²) < 4.78 is 38.8. The third-order valence-electron chi connectivity index (χ3n) is 5.44. The zero-order valence-corrected chi connectivity index (χ0v) is 20.4. The van der Waals surface area contributed by atoms with Crippen molar-refractivity contribution in [1.82, 2.24) is 14.9 Å². The second kappa shape index (κ2) is 11.1. The highest BCUT2D eigenvalue weighted by Crippen LogP contribution is 2.26. The number of hydrogen-bond donors (Lipinski definition) is 2. The van der Waals surface area contributed by atoms with Gasteiger partial charge in [0.2, 0.25) is 10.0 Å². The van der Waals surface area contributed by atoms with Gasteiger partial charge >= 0.3 is 0 Å². The topological polar surface area (TPSA) is 97.0 Å². The van der Waals surface area contributed by atoms with Crippen LogP contribution in [0.1, 0.15) is 41.4 Å². The second-order valence-corrected chi connectivity index (χ2v) is 10.2. The van der Waals surface area contributed by atoms with Crippen LogP contribution in [0.4, 0.5) is 0 Å². The molecule has 0 radical (unpaired) electrons. The van der Waals surface area contributed by atoms with Crippen molar-refractivity contribution < 1.29 is 22.7 Å². The van der Waals surface area contributed by atoms with Crippen LogP contribution in [0.5, 0.6) is 5.75 Å². The predicted octanol–water partition coefficient (Wildman–Crippen LogP) is 2.49. The van der Waals surface area contributed by atoms with Crippen molar-refractivity contribution in [3.63, 3.8) is 0 Å². The molecule has 1 heterocycles. The Bertz CT molecular complexity index is 1050. The van der Waals surface area contributed by atoms with Gasteiger partial charge in [-0.25, -0.2) is 13.1 Å². The minimum absolute atomic E-state index is 0.0635. The van der Waals surface area contributed by atoms with Gasteiger partial charge in [-0.05, 0) is 44.5 Å². The molecule has 0 aromatic heterocycles. The fourth-order valence-corrected chi connectivity index (χ4v) is 5.16. The summed E-state index contributed by atoms with van der Waals surface area (Å²) >= 11 is 0. The van der Waals surface area contributed by atoms with Crippen molar-refractivity contribution in [1.29, 1.82) is 0 Å². The van der Waals surface area contributed by atoms with E-state index in [9.17, 15) is 13.2 Å².